The Morgan fingerprint density at radius 1 is 1.22 bits per heavy atom. The normalized spacial score (nSPS) is 11.8. The number of hydrogen-bond acceptors (Lipinski definition) is 1. The number of aryl methyl sites for hydroxylation is 1. The van der Waals surface area contributed by atoms with Gasteiger partial charge >= 0.3 is 6.18 Å². The zero-order valence-electron chi connectivity index (χ0n) is 13.1. The molecule has 1 aromatic carbocycles. The lowest BCUT2D eigenvalue weighted by Crippen LogP contribution is -2.38. The molecule has 0 aromatic heterocycles. The maximum atomic E-state index is 13.0. The van der Waals surface area contributed by atoms with Gasteiger partial charge in [0, 0.05) is 13.1 Å². The van der Waals surface area contributed by atoms with Crippen molar-refractivity contribution in [3.63, 3.8) is 0 Å². The number of nitrogens with zero attached hydrogens (tertiary/aromatic N) is 1. The third-order valence-corrected chi connectivity index (χ3v) is 3.00. The Morgan fingerprint density at radius 3 is 2.48 bits per heavy atom. The van der Waals surface area contributed by atoms with Crippen molar-refractivity contribution in [1.82, 2.24) is 10.6 Å². The van der Waals surface area contributed by atoms with E-state index in [0.717, 1.165) is 11.1 Å². The smallest absolute Gasteiger partial charge is 0.357 e. The van der Waals surface area contributed by atoms with Crippen LogP contribution in [0.3, 0.4) is 0 Å². The summed E-state index contributed by atoms with van der Waals surface area (Å²) in [5.74, 6) is 0.0720. The van der Waals surface area contributed by atoms with Crippen LogP contribution in [-0.2, 0) is 6.42 Å². The summed E-state index contributed by atoms with van der Waals surface area (Å²) in [6, 6.07) is 4.56. The van der Waals surface area contributed by atoms with Crippen molar-refractivity contribution in [1.29, 1.82) is 0 Å². The lowest BCUT2D eigenvalue weighted by atomic mass is 10.1. The highest BCUT2D eigenvalue weighted by atomic mass is 127. The number of halogens is 5. The van der Waals surface area contributed by atoms with E-state index in [0.29, 0.717) is 25.5 Å². The van der Waals surface area contributed by atoms with E-state index in [-0.39, 0.29) is 36.3 Å². The molecule has 0 aliphatic rings. The molecule has 0 heterocycles. The number of benzene rings is 1. The molecule has 0 amide bonds. The molecule has 132 valence electrons. The van der Waals surface area contributed by atoms with Crippen molar-refractivity contribution in [3.8, 4) is 0 Å². The van der Waals surface area contributed by atoms with Gasteiger partial charge in [-0.05, 0) is 43.5 Å². The van der Waals surface area contributed by atoms with Crippen LogP contribution in [0, 0.1) is 12.7 Å². The fourth-order valence-electron chi connectivity index (χ4n) is 1.89. The minimum Gasteiger partial charge on any atom is -0.357 e. The molecule has 0 atom stereocenters. The molecule has 0 saturated heterocycles. The molecular weight excluding hydrogens is 425 g/mol. The monoisotopic (exact) mass is 447 g/mol. The fraction of sp³-hybridized carbons (Fsp3) is 0.533. The van der Waals surface area contributed by atoms with Crippen molar-refractivity contribution in [2.45, 2.75) is 32.9 Å². The van der Waals surface area contributed by atoms with Gasteiger partial charge in [0.25, 0.3) is 0 Å². The SMILES string of the molecule is CCNC(=NCCC(F)(F)F)NCCc1ccc(F)cc1C.I. The van der Waals surface area contributed by atoms with Crippen molar-refractivity contribution in [2.75, 3.05) is 19.6 Å². The Balaban J connectivity index is 0.00000484. The summed E-state index contributed by atoms with van der Waals surface area (Å²) >= 11 is 0. The standard InChI is InChI=1S/C15H21F4N3.HI/c1-3-20-14(22-9-7-15(17,18)19)21-8-6-12-4-5-13(16)10-11(12)2;/h4-5,10H,3,6-9H2,1-2H3,(H2,20,21,22);1H. The molecule has 0 fully saturated rings. The first-order chi connectivity index (χ1) is 10.3. The first-order valence-electron chi connectivity index (χ1n) is 7.16. The number of aliphatic imine (C=N–C) groups is 1. The van der Waals surface area contributed by atoms with E-state index in [1.165, 1.54) is 12.1 Å². The zero-order chi connectivity index (χ0) is 16.6. The first kappa shape index (κ1) is 21.9. The van der Waals surface area contributed by atoms with Crippen LogP contribution in [0.1, 0.15) is 24.5 Å². The number of nitrogens with one attached hydrogen (secondary N) is 2. The van der Waals surface area contributed by atoms with Gasteiger partial charge in [0.05, 0.1) is 13.0 Å². The fourth-order valence-corrected chi connectivity index (χ4v) is 1.89. The minimum absolute atomic E-state index is 0. The summed E-state index contributed by atoms with van der Waals surface area (Å²) < 4.78 is 49.3. The maximum Gasteiger partial charge on any atom is 0.390 e. The van der Waals surface area contributed by atoms with Gasteiger partial charge < -0.3 is 10.6 Å². The van der Waals surface area contributed by atoms with Crippen molar-refractivity contribution >= 4 is 29.9 Å². The number of hydrogen-bond donors (Lipinski definition) is 2. The summed E-state index contributed by atoms with van der Waals surface area (Å²) in [5, 5.41) is 5.87. The average molecular weight is 447 g/mol. The molecule has 0 aliphatic heterocycles. The largest absolute Gasteiger partial charge is 0.390 e. The van der Waals surface area contributed by atoms with Gasteiger partial charge in [0.15, 0.2) is 5.96 Å². The van der Waals surface area contributed by atoms with Crippen LogP contribution in [0.4, 0.5) is 17.6 Å². The highest BCUT2D eigenvalue weighted by molar-refractivity contribution is 14.0. The summed E-state index contributed by atoms with van der Waals surface area (Å²) in [6.45, 7) is 4.41. The zero-order valence-corrected chi connectivity index (χ0v) is 15.5. The third kappa shape index (κ3) is 9.62. The van der Waals surface area contributed by atoms with Crippen LogP contribution in [0.5, 0.6) is 0 Å². The van der Waals surface area contributed by atoms with Crippen molar-refractivity contribution in [2.24, 2.45) is 4.99 Å². The Bertz CT molecular complexity index is 504. The Morgan fingerprint density at radius 2 is 1.91 bits per heavy atom. The molecule has 0 radical (unpaired) electrons. The van der Waals surface area contributed by atoms with Gasteiger partial charge in [-0.15, -0.1) is 24.0 Å². The summed E-state index contributed by atoms with van der Waals surface area (Å²) in [5.41, 5.74) is 1.83. The molecule has 0 unspecified atom stereocenters. The molecule has 0 bridgehead atoms. The predicted molar refractivity (Wildman–Crippen MR) is 94.9 cm³/mol. The highest BCUT2D eigenvalue weighted by Gasteiger charge is 2.26. The Kier molecular flexibility index (Phi) is 10.2. The van der Waals surface area contributed by atoms with E-state index >= 15 is 0 Å². The van der Waals surface area contributed by atoms with Crippen LogP contribution in [0.2, 0.25) is 0 Å². The van der Waals surface area contributed by atoms with E-state index in [2.05, 4.69) is 15.6 Å². The molecule has 0 aliphatic carbocycles. The second-order valence-electron chi connectivity index (χ2n) is 4.87. The molecule has 23 heavy (non-hydrogen) atoms. The molecule has 0 spiro atoms. The van der Waals surface area contributed by atoms with E-state index in [1.807, 2.05) is 13.8 Å². The molecule has 2 N–H and O–H groups in total. The molecular formula is C15H22F4IN3. The molecule has 1 aromatic rings. The van der Waals surface area contributed by atoms with Gasteiger partial charge in [-0.1, -0.05) is 6.07 Å². The third-order valence-electron chi connectivity index (χ3n) is 3.00. The van der Waals surface area contributed by atoms with Crippen molar-refractivity contribution < 1.29 is 17.6 Å². The summed E-state index contributed by atoms with van der Waals surface area (Å²) in [6.07, 6.45) is -4.51. The molecule has 8 heteroatoms. The topological polar surface area (TPSA) is 36.4 Å². The van der Waals surface area contributed by atoms with Crippen LogP contribution in [0.15, 0.2) is 23.2 Å². The lowest BCUT2D eigenvalue weighted by molar-refractivity contribution is -0.132. The molecule has 1 rings (SSSR count). The van der Waals surface area contributed by atoms with E-state index < -0.39 is 12.6 Å². The van der Waals surface area contributed by atoms with Crippen molar-refractivity contribution in [3.05, 3.63) is 35.1 Å². The van der Waals surface area contributed by atoms with Gasteiger partial charge in [-0.2, -0.15) is 13.2 Å². The Hall–Kier alpha value is -1.06. The van der Waals surface area contributed by atoms with Crippen LogP contribution in [-0.4, -0.2) is 31.8 Å². The van der Waals surface area contributed by atoms with Crippen LogP contribution >= 0.6 is 24.0 Å². The van der Waals surface area contributed by atoms with E-state index in [1.54, 1.807) is 6.07 Å². The summed E-state index contributed by atoms with van der Waals surface area (Å²) in [4.78, 5) is 3.88. The van der Waals surface area contributed by atoms with Crippen LogP contribution < -0.4 is 10.6 Å². The maximum absolute atomic E-state index is 13.0. The quantitative estimate of drug-likeness (QED) is 0.301. The second kappa shape index (κ2) is 10.7. The average Bonchev–Trinajstić information content (AvgIpc) is 2.40. The number of guanidine groups is 1. The second-order valence-corrected chi connectivity index (χ2v) is 4.87. The lowest BCUT2D eigenvalue weighted by Gasteiger charge is -2.12. The van der Waals surface area contributed by atoms with E-state index in [9.17, 15) is 17.6 Å². The first-order valence-corrected chi connectivity index (χ1v) is 7.16. The van der Waals surface area contributed by atoms with Crippen LogP contribution in [0.25, 0.3) is 0 Å². The van der Waals surface area contributed by atoms with Gasteiger partial charge in [-0.3, -0.25) is 4.99 Å². The Labute approximate surface area is 151 Å². The molecule has 3 nitrogen and oxygen atoms in total. The van der Waals surface area contributed by atoms with Gasteiger partial charge in [-0.25, -0.2) is 4.39 Å². The van der Waals surface area contributed by atoms with Gasteiger partial charge in [0.1, 0.15) is 5.82 Å². The number of rotatable bonds is 6. The van der Waals surface area contributed by atoms with E-state index in [4.69, 9.17) is 0 Å². The number of alkyl halides is 3. The molecule has 0 saturated carbocycles. The summed E-state index contributed by atoms with van der Waals surface area (Å²) in [7, 11) is 0. The highest BCUT2D eigenvalue weighted by Crippen LogP contribution is 2.18. The predicted octanol–water partition coefficient (Wildman–Crippen LogP) is 3.80. The minimum atomic E-state index is -4.20. The van der Waals surface area contributed by atoms with Gasteiger partial charge in [0.2, 0.25) is 0 Å².